The van der Waals surface area contributed by atoms with Crippen LogP contribution in [0.4, 0.5) is 13.2 Å². The minimum absolute atomic E-state index is 0.230. The maximum absolute atomic E-state index is 11.9. The van der Waals surface area contributed by atoms with Gasteiger partial charge < -0.3 is 9.47 Å². The van der Waals surface area contributed by atoms with E-state index in [1.54, 1.807) is 12.4 Å². The molecule has 0 saturated heterocycles. The highest BCUT2D eigenvalue weighted by Gasteiger charge is 2.30. The van der Waals surface area contributed by atoms with Crippen LogP contribution in [0.1, 0.15) is 6.92 Å². The minimum atomic E-state index is -4.65. The van der Waals surface area contributed by atoms with Gasteiger partial charge in [0.1, 0.15) is 5.75 Å². The lowest BCUT2D eigenvalue weighted by Crippen LogP contribution is -2.16. The summed E-state index contributed by atoms with van der Waals surface area (Å²) in [6.45, 7) is 2.66. The van der Waals surface area contributed by atoms with Gasteiger partial charge in [-0.25, -0.2) is 4.98 Å². The molecule has 1 aromatic carbocycles. The first kappa shape index (κ1) is 17.0. The first-order chi connectivity index (χ1) is 9.96. The zero-order chi connectivity index (χ0) is 15.7. The van der Waals surface area contributed by atoms with Gasteiger partial charge in [-0.3, -0.25) is 4.79 Å². The number of hydrogen-bond donors (Lipinski definition) is 0. The Balaban J connectivity index is 0.000000383. The van der Waals surface area contributed by atoms with Crippen LogP contribution in [0.15, 0.2) is 35.2 Å². The summed E-state index contributed by atoms with van der Waals surface area (Å²) in [6, 6.07) is 5.61. The van der Waals surface area contributed by atoms with Crippen LogP contribution in [0, 0.1) is 0 Å². The first-order valence-electron chi connectivity index (χ1n) is 5.76. The van der Waals surface area contributed by atoms with Gasteiger partial charge in [0.2, 0.25) is 0 Å². The van der Waals surface area contributed by atoms with Crippen LogP contribution in [0.5, 0.6) is 5.75 Å². The van der Waals surface area contributed by atoms with E-state index in [1.807, 2.05) is 5.38 Å². The van der Waals surface area contributed by atoms with Crippen molar-refractivity contribution in [3.8, 4) is 17.0 Å². The molecule has 0 fully saturated rings. The molecule has 21 heavy (non-hydrogen) atoms. The van der Waals surface area contributed by atoms with E-state index in [9.17, 15) is 18.0 Å². The Kier molecular flexibility index (Phi) is 6.67. The van der Waals surface area contributed by atoms with Crippen molar-refractivity contribution in [3.63, 3.8) is 0 Å². The zero-order valence-electron chi connectivity index (χ0n) is 11.0. The Labute approximate surface area is 123 Å². The quantitative estimate of drug-likeness (QED) is 0.802. The number of rotatable bonds is 4. The summed E-state index contributed by atoms with van der Waals surface area (Å²) in [7, 11) is 0. The first-order valence-corrected chi connectivity index (χ1v) is 6.70. The second-order valence-electron chi connectivity index (χ2n) is 3.50. The lowest BCUT2D eigenvalue weighted by molar-refractivity contribution is -0.274. The fraction of sp³-hybridized carbons (Fsp3) is 0.231. The highest BCUT2D eigenvalue weighted by Crippen LogP contribution is 2.26. The average Bonchev–Trinajstić information content (AvgIpc) is 2.93. The maximum atomic E-state index is 11.9. The van der Waals surface area contributed by atoms with Gasteiger partial charge in [-0.15, -0.1) is 24.5 Å². The molecule has 0 atom stereocenters. The van der Waals surface area contributed by atoms with Crippen molar-refractivity contribution in [3.05, 3.63) is 35.2 Å². The van der Waals surface area contributed by atoms with Crippen molar-refractivity contribution in [1.29, 1.82) is 0 Å². The summed E-state index contributed by atoms with van der Waals surface area (Å²) >= 11 is 1.43. The molecule has 0 amide bonds. The number of benzene rings is 1. The zero-order valence-corrected chi connectivity index (χ0v) is 11.8. The van der Waals surface area contributed by atoms with Crippen LogP contribution < -0.4 is 4.74 Å². The van der Waals surface area contributed by atoms with Gasteiger partial charge in [-0.1, -0.05) is 0 Å². The molecule has 0 N–H and O–H groups in total. The average molecular weight is 319 g/mol. The molecule has 0 saturated carbocycles. The molecule has 0 spiro atoms. The molecule has 2 rings (SSSR count). The predicted octanol–water partition coefficient (Wildman–Crippen LogP) is 3.89. The lowest BCUT2D eigenvalue weighted by Gasteiger charge is -2.08. The summed E-state index contributed by atoms with van der Waals surface area (Å²) in [5, 5.41) is 1.82. The molecular formula is C13H12F3NO3S. The highest BCUT2D eigenvalue weighted by molar-refractivity contribution is 7.07. The van der Waals surface area contributed by atoms with E-state index in [1.165, 1.54) is 35.6 Å². The third-order valence-electron chi connectivity index (χ3n) is 2.05. The Hall–Kier alpha value is -2.09. The van der Waals surface area contributed by atoms with E-state index in [0.29, 0.717) is 13.1 Å². The Morgan fingerprint density at radius 2 is 1.95 bits per heavy atom. The number of alkyl halides is 3. The van der Waals surface area contributed by atoms with Gasteiger partial charge in [0, 0.05) is 10.9 Å². The highest BCUT2D eigenvalue weighted by atomic mass is 32.1. The Bertz CT molecular complexity index is 527. The number of carbonyl (C=O) groups excluding carboxylic acids is 1. The molecule has 2 aromatic rings. The SMILES string of the molecule is CCOC=O.FC(F)(F)Oc1ccc(-c2cscn2)cc1. The monoisotopic (exact) mass is 319 g/mol. The number of thiazole rings is 1. The summed E-state index contributed by atoms with van der Waals surface area (Å²) in [5.74, 6) is -0.230. The third-order valence-corrected chi connectivity index (χ3v) is 2.64. The largest absolute Gasteiger partial charge is 0.573 e. The van der Waals surface area contributed by atoms with Crippen LogP contribution in [-0.2, 0) is 9.53 Å². The molecule has 0 unspecified atom stereocenters. The number of halogens is 3. The number of aromatic nitrogens is 1. The topological polar surface area (TPSA) is 48.4 Å². The lowest BCUT2D eigenvalue weighted by atomic mass is 10.2. The molecule has 114 valence electrons. The molecule has 1 aromatic heterocycles. The summed E-state index contributed by atoms with van der Waals surface area (Å²) in [6.07, 6.45) is -4.65. The predicted molar refractivity (Wildman–Crippen MR) is 71.9 cm³/mol. The van der Waals surface area contributed by atoms with E-state index in [2.05, 4.69) is 14.5 Å². The number of ether oxygens (including phenoxy) is 2. The molecule has 0 aliphatic carbocycles. The molecule has 1 heterocycles. The van der Waals surface area contributed by atoms with Crippen LogP contribution in [0.25, 0.3) is 11.3 Å². The van der Waals surface area contributed by atoms with Gasteiger partial charge in [0.15, 0.2) is 0 Å². The van der Waals surface area contributed by atoms with Gasteiger partial charge in [0.25, 0.3) is 6.47 Å². The second kappa shape index (κ2) is 8.25. The van der Waals surface area contributed by atoms with Crippen LogP contribution >= 0.6 is 11.3 Å². The van der Waals surface area contributed by atoms with E-state index < -0.39 is 6.36 Å². The van der Waals surface area contributed by atoms with E-state index in [4.69, 9.17) is 0 Å². The third kappa shape index (κ3) is 6.75. The molecule has 0 aliphatic heterocycles. The van der Waals surface area contributed by atoms with E-state index >= 15 is 0 Å². The van der Waals surface area contributed by atoms with Gasteiger partial charge in [-0.2, -0.15) is 0 Å². The Morgan fingerprint density at radius 3 is 2.33 bits per heavy atom. The normalized spacial score (nSPS) is 10.3. The molecule has 4 nitrogen and oxygen atoms in total. The van der Waals surface area contributed by atoms with Crippen molar-refractivity contribution in [1.82, 2.24) is 4.98 Å². The van der Waals surface area contributed by atoms with Crippen LogP contribution in [0.3, 0.4) is 0 Å². The van der Waals surface area contributed by atoms with Gasteiger partial charge >= 0.3 is 6.36 Å². The van der Waals surface area contributed by atoms with Crippen LogP contribution in [0.2, 0.25) is 0 Å². The molecular weight excluding hydrogens is 307 g/mol. The standard InChI is InChI=1S/C10H6F3NOS.C3H6O2/c11-10(12,13)15-8-3-1-7(2-4-8)9-5-16-6-14-9;1-2-5-3-4/h1-6H;3H,2H2,1H3. The molecule has 0 bridgehead atoms. The number of nitrogens with zero attached hydrogens (tertiary/aromatic N) is 1. The van der Waals surface area contributed by atoms with E-state index in [0.717, 1.165) is 11.3 Å². The smallest absolute Gasteiger partial charge is 0.468 e. The summed E-state index contributed by atoms with van der Waals surface area (Å²) in [4.78, 5) is 13.2. The molecule has 0 aliphatic rings. The van der Waals surface area contributed by atoms with Crippen molar-refractivity contribution >= 4 is 17.8 Å². The van der Waals surface area contributed by atoms with Crippen molar-refractivity contribution in [2.24, 2.45) is 0 Å². The second-order valence-corrected chi connectivity index (χ2v) is 4.22. The van der Waals surface area contributed by atoms with Gasteiger partial charge in [-0.05, 0) is 31.2 Å². The summed E-state index contributed by atoms with van der Waals surface area (Å²) < 4.78 is 43.6. The Morgan fingerprint density at radius 1 is 1.29 bits per heavy atom. The number of carbonyl (C=O) groups is 1. The number of hydrogen-bond acceptors (Lipinski definition) is 5. The van der Waals surface area contributed by atoms with Gasteiger partial charge in [0.05, 0.1) is 17.8 Å². The maximum Gasteiger partial charge on any atom is 0.573 e. The fourth-order valence-electron chi connectivity index (χ4n) is 1.25. The van der Waals surface area contributed by atoms with E-state index in [-0.39, 0.29) is 5.75 Å². The van der Waals surface area contributed by atoms with Crippen molar-refractivity contribution in [2.75, 3.05) is 6.61 Å². The minimum Gasteiger partial charge on any atom is -0.468 e. The summed E-state index contributed by atoms with van der Waals surface area (Å²) in [5.41, 5.74) is 3.16. The fourth-order valence-corrected chi connectivity index (χ4v) is 1.81. The molecule has 0 radical (unpaired) electrons. The van der Waals surface area contributed by atoms with Crippen molar-refractivity contribution in [2.45, 2.75) is 13.3 Å². The van der Waals surface area contributed by atoms with Crippen molar-refractivity contribution < 1.29 is 27.4 Å². The van der Waals surface area contributed by atoms with Crippen LogP contribution in [-0.4, -0.2) is 24.4 Å². The molecule has 8 heteroatoms.